The molecule has 7 heteroatoms. The number of urea groups is 1. The Morgan fingerprint density at radius 3 is 1.72 bits per heavy atom. The lowest BCUT2D eigenvalue weighted by atomic mass is 10.5. The number of thioether (sulfide) groups is 2. The normalized spacial score (nSPS) is 15.8. The summed E-state index contributed by atoms with van der Waals surface area (Å²) in [6, 6.07) is 0.129. The molecule has 18 heavy (non-hydrogen) atoms. The minimum Gasteiger partial charge on any atom is -0.396 e. The van der Waals surface area contributed by atoms with E-state index in [1.54, 1.807) is 23.5 Å². The van der Waals surface area contributed by atoms with Gasteiger partial charge >= 0.3 is 6.03 Å². The van der Waals surface area contributed by atoms with E-state index in [4.69, 9.17) is 10.2 Å². The maximum atomic E-state index is 12.0. The van der Waals surface area contributed by atoms with Gasteiger partial charge in [0.1, 0.15) is 0 Å². The van der Waals surface area contributed by atoms with Crippen molar-refractivity contribution in [2.24, 2.45) is 0 Å². The summed E-state index contributed by atoms with van der Waals surface area (Å²) >= 11 is 3.35. The van der Waals surface area contributed by atoms with E-state index in [0.717, 1.165) is 49.2 Å². The second-order valence-electron chi connectivity index (χ2n) is 3.93. The van der Waals surface area contributed by atoms with E-state index in [2.05, 4.69) is 0 Å². The van der Waals surface area contributed by atoms with Gasteiger partial charge in [-0.15, -0.1) is 0 Å². The summed E-state index contributed by atoms with van der Waals surface area (Å²) in [4.78, 5) is 15.7. The number of carbonyl (C=O) groups excluding carboxylic acids is 1. The van der Waals surface area contributed by atoms with Gasteiger partial charge in [-0.1, -0.05) is 0 Å². The van der Waals surface area contributed by atoms with Gasteiger partial charge in [0.25, 0.3) is 0 Å². The van der Waals surface area contributed by atoms with E-state index >= 15 is 0 Å². The fraction of sp³-hybridized carbons (Fsp3) is 0.909. The first-order valence-electron chi connectivity index (χ1n) is 6.20. The molecule has 0 radical (unpaired) electrons. The van der Waals surface area contributed by atoms with Crippen LogP contribution >= 0.6 is 23.5 Å². The Kier molecular flexibility index (Phi) is 8.66. The summed E-state index contributed by atoms with van der Waals surface area (Å²) in [6.07, 6.45) is 0. The van der Waals surface area contributed by atoms with Crippen molar-refractivity contribution in [1.82, 2.24) is 9.80 Å². The van der Waals surface area contributed by atoms with Crippen molar-refractivity contribution in [3.63, 3.8) is 0 Å². The van der Waals surface area contributed by atoms with Crippen molar-refractivity contribution < 1.29 is 15.0 Å². The number of rotatable bonds is 10. The molecule has 5 nitrogen and oxygen atoms in total. The lowest BCUT2D eigenvalue weighted by Crippen LogP contribution is -2.34. The van der Waals surface area contributed by atoms with Gasteiger partial charge in [0.05, 0.1) is 13.2 Å². The van der Waals surface area contributed by atoms with Crippen LogP contribution in [0.3, 0.4) is 0 Å². The highest BCUT2D eigenvalue weighted by Crippen LogP contribution is 2.11. The predicted octanol–water partition coefficient (Wildman–Crippen LogP) is 0.175. The smallest absolute Gasteiger partial charge is 0.320 e. The van der Waals surface area contributed by atoms with Crippen molar-refractivity contribution in [2.45, 2.75) is 0 Å². The van der Waals surface area contributed by atoms with Crippen molar-refractivity contribution in [3.05, 3.63) is 0 Å². The Bertz CT molecular complexity index is 222. The highest BCUT2D eigenvalue weighted by molar-refractivity contribution is 7.99. The first kappa shape index (κ1) is 15.9. The molecule has 106 valence electrons. The van der Waals surface area contributed by atoms with Crippen molar-refractivity contribution in [3.8, 4) is 0 Å². The summed E-state index contributed by atoms with van der Waals surface area (Å²) in [5, 5.41) is 17.3. The van der Waals surface area contributed by atoms with Crippen LogP contribution in [0.5, 0.6) is 0 Å². The van der Waals surface area contributed by atoms with E-state index < -0.39 is 0 Å². The van der Waals surface area contributed by atoms with Gasteiger partial charge in [-0.2, -0.15) is 23.5 Å². The zero-order valence-corrected chi connectivity index (χ0v) is 12.2. The van der Waals surface area contributed by atoms with Gasteiger partial charge in [-0.05, 0) is 0 Å². The van der Waals surface area contributed by atoms with Crippen molar-refractivity contribution in [1.29, 1.82) is 0 Å². The zero-order valence-electron chi connectivity index (χ0n) is 10.6. The Hall–Kier alpha value is -0.110. The van der Waals surface area contributed by atoms with Crippen LogP contribution in [-0.2, 0) is 0 Å². The van der Waals surface area contributed by atoms with Crippen LogP contribution in [0.25, 0.3) is 0 Å². The van der Waals surface area contributed by atoms with E-state index in [9.17, 15) is 4.79 Å². The minimum atomic E-state index is 0.129. The van der Waals surface area contributed by atoms with E-state index in [1.807, 2.05) is 9.80 Å². The third-order valence-corrected chi connectivity index (χ3v) is 4.55. The van der Waals surface area contributed by atoms with Gasteiger partial charge in [-0.3, -0.25) is 0 Å². The summed E-state index contributed by atoms with van der Waals surface area (Å²) in [5.74, 6) is 3.26. The van der Waals surface area contributed by atoms with Gasteiger partial charge in [0.2, 0.25) is 0 Å². The summed E-state index contributed by atoms with van der Waals surface area (Å²) in [7, 11) is 0. The predicted molar refractivity (Wildman–Crippen MR) is 77.4 cm³/mol. The van der Waals surface area contributed by atoms with Crippen LogP contribution in [0.2, 0.25) is 0 Å². The summed E-state index contributed by atoms with van der Waals surface area (Å²) < 4.78 is 0. The molecular weight excluding hydrogens is 272 g/mol. The molecule has 0 aliphatic carbocycles. The van der Waals surface area contributed by atoms with Crippen LogP contribution in [-0.4, -0.2) is 88.4 Å². The van der Waals surface area contributed by atoms with E-state index in [-0.39, 0.29) is 19.2 Å². The highest BCUT2D eigenvalue weighted by atomic mass is 32.2. The minimum absolute atomic E-state index is 0.129. The maximum Gasteiger partial charge on any atom is 0.320 e. The molecule has 1 saturated heterocycles. The number of carbonyl (C=O) groups is 1. The maximum absolute atomic E-state index is 12.0. The lowest BCUT2D eigenvalue weighted by molar-refractivity contribution is 0.196. The van der Waals surface area contributed by atoms with Gasteiger partial charge < -0.3 is 20.0 Å². The van der Waals surface area contributed by atoms with Crippen LogP contribution in [0, 0.1) is 0 Å². The Labute approximate surface area is 117 Å². The van der Waals surface area contributed by atoms with Crippen LogP contribution in [0.1, 0.15) is 0 Å². The standard InChI is InChI=1S/C11H22N2O3S2/c14-5-9-17-7-3-12-1-2-13(11(12)16)4-8-18-10-6-15/h14-15H,1-10H2. The Morgan fingerprint density at radius 1 is 0.889 bits per heavy atom. The number of nitrogens with zero attached hydrogens (tertiary/aromatic N) is 2. The molecule has 2 amide bonds. The topological polar surface area (TPSA) is 64.0 Å². The number of hydrogen-bond acceptors (Lipinski definition) is 5. The molecule has 0 spiro atoms. The number of hydrogen-bond donors (Lipinski definition) is 2. The molecule has 0 atom stereocenters. The third kappa shape index (κ3) is 5.69. The fourth-order valence-electron chi connectivity index (χ4n) is 1.73. The molecule has 1 rings (SSSR count). The monoisotopic (exact) mass is 294 g/mol. The number of aliphatic hydroxyl groups excluding tert-OH is 2. The van der Waals surface area contributed by atoms with E-state index in [0.29, 0.717) is 0 Å². The van der Waals surface area contributed by atoms with Crippen molar-refractivity contribution >= 4 is 29.6 Å². The van der Waals surface area contributed by atoms with Gasteiger partial charge in [0.15, 0.2) is 0 Å². The van der Waals surface area contributed by atoms with Crippen LogP contribution in [0.15, 0.2) is 0 Å². The van der Waals surface area contributed by atoms with Gasteiger partial charge in [0, 0.05) is 49.2 Å². The van der Waals surface area contributed by atoms with Crippen molar-refractivity contribution in [2.75, 3.05) is 62.4 Å². The summed E-state index contributed by atoms with van der Waals surface area (Å²) in [6.45, 7) is 3.56. The molecular formula is C11H22N2O3S2. The average molecular weight is 294 g/mol. The second kappa shape index (κ2) is 9.77. The second-order valence-corrected chi connectivity index (χ2v) is 6.38. The van der Waals surface area contributed by atoms with Crippen LogP contribution in [0.4, 0.5) is 4.79 Å². The molecule has 1 fully saturated rings. The zero-order chi connectivity index (χ0) is 13.2. The number of aliphatic hydroxyl groups is 2. The largest absolute Gasteiger partial charge is 0.396 e. The lowest BCUT2D eigenvalue weighted by Gasteiger charge is -2.18. The molecule has 0 aromatic rings. The fourth-order valence-corrected chi connectivity index (χ4v) is 3.10. The first-order valence-corrected chi connectivity index (χ1v) is 8.51. The molecule has 2 N–H and O–H groups in total. The molecule has 1 aliphatic heterocycles. The van der Waals surface area contributed by atoms with Gasteiger partial charge in [-0.25, -0.2) is 4.79 Å². The molecule has 0 bridgehead atoms. The molecule has 1 heterocycles. The quantitative estimate of drug-likeness (QED) is 0.563. The number of amides is 2. The van der Waals surface area contributed by atoms with Crippen LogP contribution < -0.4 is 0 Å². The molecule has 0 aromatic heterocycles. The SMILES string of the molecule is O=C1N(CCSCCO)CCN1CCSCCO. The highest BCUT2D eigenvalue weighted by Gasteiger charge is 2.27. The molecule has 0 aromatic carbocycles. The molecule has 0 unspecified atom stereocenters. The first-order chi connectivity index (χ1) is 8.79. The third-order valence-electron chi connectivity index (χ3n) is 2.66. The Morgan fingerprint density at radius 2 is 1.33 bits per heavy atom. The molecule has 0 saturated carbocycles. The molecule has 1 aliphatic rings. The Balaban J connectivity index is 2.12. The van der Waals surface area contributed by atoms with E-state index in [1.165, 1.54) is 0 Å². The summed E-state index contributed by atoms with van der Waals surface area (Å²) in [5.41, 5.74) is 0. The average Bonchev–Trinajstić information content (AvgIpc) is 2.72.